The Morgan fingerprint density at radius 3 is 2.48 bits per heavy atom. The van der Waals surface area contributed by atoms with E-state index in [0.717, 1.165) is 17.1 Å². The summed E-state index contributed by atoms with van der Waals surface area (Å²) in [7, 11) is 0. The molecule has 0 aliphatic rings. The lowest BCUT2D eigenvalue weighted by molar-refractivity contribution is -0.665. The van der Waals surface area contributed by atoms with Crippen molar-refractivity contribution in [2.24, 2.45) is 0 Å². The Labute approximate surface area is 127 Å². The fourth-order valence-corrected chi connectivity index (χ4v) is 3.51. The zero-order chi connectivity index (χ0) is 14.8. The standard InChI is InChI=1S/C17H15NO2S/c1-2-18-15-5-3-4-6-16(15)21-17(18)8-7-12-9-13(19)11-14(20)10-12/h3-11H,2H2,1H3,(H-,19,20)/p+1. The quantitative estimate of drug-likeness (QED) is 0.723. The molecule has 0 fully saturated rings. The number of aryl methyl sites for hydroxylation is 1. The summed E-state index contributed by atoms with van der Waals surface area (Å²) in [6, 6.07) is 12.9. The Bertz CT molecular complexity index is 801. The van der Waals surface area contributed by atoms with Crippen molar-refractivity contribution in [3.8, 4) is 11.5 Å². The third-order valence-electron chi connectivity index (χ3n) is 3.30. The number of phenolic OH excluding ortho intramolecular Hbond substituents is 2. The van der Waals surface area contributed by atoms with Crippen LogP contribution in [0.2, 0.25) is 0 Å². The van der Waals surface area contributed by atoms with E-state index in [1.807, 2.05) is 24.3 Å². The van der Waals surface area contributed by atoms with Crippen molar-refractivity contribution in [1.82, 2.24) is 0 Å². The molecule has 0 radical (unpaired) electrons. The van der Waals surface area contributed by atoms with Crippen LogP contribution in [0.5, 0.6) is 11.5 Å². The van der Waals surface area contributed by atoms with Crippen LogP contribution in [0.25, 0.3) is 22.4 Å². The summed E-state index contributed by atoms with van der Waals surface area (Å²) in [5.41, 5.74) is 2.00. The average Bonchev–Trinajstić information content (AvgIpc) is 2.81. The molecular formula is C17H16NO2S+. The van der Waals surface area contributed by atoms with Gasteiger partial charge < -0.3 is 10.2 Å². The second-order valence-electron chi connectivity index (χ2n) is 4.77. The summed E-state index contributed by atoms with van der Waals surface area (Å²) in [6.45, 7) is 3.02. The van der Waals surface area contributed by atoms with E-state index in [9.17, 15) is 10.2 Å². The Kier molecular flexibility index (Phi) is 3.62. The van der Waals surface area contributed by atoms with Gasteiger partial charge in [0.05, 0.1) is 0 Å². The molecule has 4 heteroatoms. The van der Waals surface area contributed by atoms with Crippen LogP contribution in [-0.4, -0.2) is 10.2 Å². The zero-order valence-electron chi connectivity index (χ0n) is 11.7. The van der Waals surface area contributed by atoms with E-state index in [1.54, 1.807) is 23.5 Å². The molecule has 0 bridgehead atoms. The number of hydrogen-bond donors (Lipinski definition) is 2. The van der Waals surface area contributed by atoms with Gasteiger partial charge in [0.1, 0.15) is 22.7 Å². The van der Waals surface area contributed by atoms with E-state index in [2.05, 4.69) is 23.6 Å². The van der Waals surface area contributed by atoms with Crippen LogP contribution in [0.15, 0.2) is 42.5 Å². The predicted octanol–water partition coefficient (Wildman–Crippen LogP) is 3.79. The fraction of sp³-hybridized carbons (Fsp3) is 0.118. The first kappa shape index (κ1) is 13.6. The summed E-state index contributed by atoms with van der Waals surface area (Å²) >= 11 is 1.73. The summed E-state index contributed by atoms with van der Waals surface area (Å²) in [5, 5.41) is 20.2. The van der Waals surface area contributed by atoms with E-state index in [-0.39, 0.29) is 11.5 Å². The largest absolute Gasteiger partial charge is 0.508 e. The molecule has 2 N–H and O–H groups in total. The first-order valence-electron chi connectivity index (χ1n) is 6.80. The molecular weight excluding hydrogens is 282 g/mol. The lowest BCUT2D eigenvalue weighted by Gasteiger charge is -1.97. The number of aromatic nitrogens is 1. The van der Waals surface area contributed by atoms with Gasteiger partial charge in [-0.25, -0.2) is 0 Å². The van der Waals surface area contributed by atoms with Crippen LogP contribution in [-0.2, 0) is 6.54 Å². The number of nitrogens with zero attached hydrogens (tertiary/aromatic N) is 1. The monoisotopic (exact) mass is 298 g/mol. The smallest absolute Gasteiger partial charge is 0.262 e. The molecule has 21 heavy (non-hydrogen) atoms. The Balaban J connectivity index is 2.02. The second kappa shape index (κ2) is 5.58. The minimum atomic E-state index is 0.0642. The van der Waals surface area contributed by atoms with Crippen molar-refractivity contribution in [2.45, 2.75) is 13.5 Å². The lowest BCUT2D eigenvalue weighted by atomic mass is 10.2. The zero-order valence-corrected chi connectivity index (χ0v) is 12.5. The van der Waals surface area contributed by atoms with E-state index in [1.165, 1.54) is 16.3 Å². The van der Waals surface area contributed by atoms with Crippen LogP contribution in [0.3, 0.4) is 0 Å². The molecule has 2 aromatic carbocycles. The predicted molar refractivity (Wildman–Crippen MR) is 86.4 cm³/mol. The van der Waals surface area contributed by atoms with Crippen molar-refractivity contribution in [2.75, 3.05) is 0 Å². The van der Waals surface area contributed by atoms with Gasteiger partial charge in [0.2, 0.25) is 5.52 Å². The third kappa shape index (κ3) is 2.76. The Morgan fingerprint density at radius 1 is 1.05 bits per heavy atom. The topological polar surface area (TPSA) is 44.3 Å². The summed E-state index contributed by atoms with van der Waals surface area (Å²) in [4.78, 5) is 0. The fourth-order valence-electron chi connectivity index (χ4n) is 2.38. The molecule has 0 atom stereocenters. The van der Waals surface area contributed by atoms with Gasteiger partial charge >= 0.3 is 0 Å². The maximum Gasteiger partial charge on any atom is 0.262 e. The van der Waals surface area contributed by atoms with Crippen LogP contribution >= 0.6 is 11.3 Å². The van der Waals surface area contributed by atoms with Gasteiger partial charge in [-0.15, -0.1) is 0 Å². The highest BCUT2D eigenvalue weighted by atomic mass is 32.1. The maximum absolute atomic E-state index is 9.51. The number of aromatic hydroxyl groups is 2. The van der Waals surface area contributed by atoms with Crippen molar-refractivity contribution >= 4 is 33.7 Å². The molecule has 0 unspecified atom stereocenters. The van der Waals surface area contributed by atoms with Gasteiger partial charge in [-0.2, -0.15) is 4.57 Å². The number of benzene rings is 2. The molecule has 0 aliphatic heterocycles. The number of rotatable bonds is 3. The van der Waals surface area contributed by atoms with Crippen LogP contribution in [0.4, 0.5) is 0 Å². The van der Waals surface area contributed by atoms with Gasteiger partial charge in [-0.1, -0.05) is 23.5 Å². The first-order chi connectivity index (χ1) is 10.2. The van der Waals surface area contributed by atoms with Crippen LogP contribution in [0.1, 0.15) is 17.5 Å². The number of para-hydroxylation sites is 1. The summed E-state index contributed by atoms with van der Waals surface area (Å²) in [5.74, 6) is 0.128. The molecule has 0 saturated carbocycles. The maximum atomic E-state index is 9.51. The van der Waals surface area contributed by atoms with Gasteiger partial charge in [0, 0.05) is 18.2 Å². The van der Waals surface area contributed by atoms with Gasteiger partial charge in [0.25, 0.3) is 5.01 Å². The minimum absolute atomic E-state index is 0.0642. The highest BCUT2D eigenvalue weighted by Gasteiger charge is 2.15. The van der Waals surface area contributed by atoms with Crippen molar-refractivity contribution in [3.05, 3.63) is 53.0 Å². The molecule has 106 valence electrons. The molecule has 3 rings (SSSR count). The molecule has 3 aromatic rings. The van der Waals surface area contributed by atoms with E-state index >= 15 is 0 Å². The normalized spacial score (nSPS) is 11.5. The number of phenols is 2. The Hall–Kier alpha value is -2.33. The SMILES string of the molecule is CC[n+]1c(C=Cc2cc(O)cc(O)c2)sc2ccccc21. The van der Waals surface area contributed by atoms with Crippen molar-refractivity contribution in [1.29, 1.82) is 0 Å². The van der Waals surface area contributed by atoms with Crippen LogP contribution < -0.4 is 4.57 Å². The van der Waals surface area contributed by atoms with Crippen LogP contribution in [0, 0.1) is 0 Å². The Morgan fingerprint density at radius 2 is 1.76 bits per heavy atom. The minimum Gasteiger partial charge on any atom is -0.508 e. The number of fused-ring (bicyclic) bond motifs is 1. The van der Waals surface area contributed by atoms with E-state index in [4.69, 9.17) is 0 Å². The number of thiazole rings is 1. The summed E-state index contributed by atoms with van der Waals surface area (Å²) in [6.07, 6.45) is 3.92. The lowest BCUT2D eigenvalue weighted by Crippen LogP contribution is -2.33. The molecule has 3 nitrogen and oxygen atoms in total. The molecule has 0 amide bonds. The van der Waals surface area contributed by atoms with Crippen molar-refractivity contribution in [3.63, 3.8) is 0 Å². The van der Waals surface area contributed by atoms with E-state index < -0.39 is 0 Å². The second-order valence-corrected chi connectivity index (χ2v) is 5.83. The van der Waals surface area contributed by atoms with Gasteiger partial charge in [0.15, 0.2) is 0 Å². The number of hydrogen-bond acceptors (Lipinski definition) is 3. The molecule has 0 spiro atoms. The highest BCUT2D eigenvalue weighted by molar-refractivity contribution is 7.18. The van der Waals surface area contributed by atoms with Gasteiger partial charge in [-0.05, 0) is 36.8 Å². The van der Waals surface area contributed by atoms with Gasteiger partial charge in [-0.3, -0.25) is 0 Å². The molecule has 0 aliphatic carbocycles. The molecule has 1 heterocycles. The third-order valence-corrected chi connectivity index (χ3v) is 4.43. The average molecular weight is 298 g/mol. The molecule has 1 aromatic heterocycles. The molecule has 0 saturated heterocycles. The van der Waals surface area contributed by atoms with Crippen molar-refractivity contribution < 1.29 is 14.8 Å². The van der Waals surface area contributed by atoms with E-state index in [0.29, 0.717) is 0 Å². The first-order valence-corrected chi connectivity index (χ1v) is 7.61. The highest BCUT2D eigenvalue weighted by Crippen LogP contribution is 2.24. The summed E-state index contributed by atoms with van der Waals surface area (Å²) < 4.78 is 3.50.